The lowest BCUT2D eigenvalue weighted by atomic mass is 9.77. The molecule has 0 aliphatic carbocycles. The van der Waals surface area contributed by atoms with E-state index in [0.717, 1.165) is 6.42 Å². The third kappa shape index (κ3) is 6.17. The fourth-order valence-corrected chi connectivity index (χ4v) is 3.75. The van der Waals surface area contributed by atoms with E-state index in [0.29, 0.717) is 18.8 Å². The average Bonchev–Trinajstić information content (AvgIpc) is 2.33. The smallest absolute Gasteiger partial charge is 0.410 e. The number of likely N-dealkylation sites (tertiary alicyclic amines) is 1. The van der Waals surface area contributed by atoms with Gasteiger partial charge in [-0.25, -0.2) is 4.79 Å². The lowest BCUT2D eigenvalue weighted by Crippen LogP contribution is -2.63. The normalized spacial score (nSPS) is 27.7. The van der Waals surface area contributed by atoms with Crippen LogP contribution in [0.15, 0.2) is 0 Å². The summed E-state index contributed by atoms with van der Waals surface area (Å²) >= 11 is 0. The van der Waals surface area contributed by atoms with E-state index < -0.39 is 35.7 Å². The molecular formula is C19H36N2O4. The highest BCUT2D eigenvalue weighted by atomic mass is 16.6. The lowest BCUT2D eigenvalue weighted by Gasteiger charge is -2.48. The van der Waals surface area contributed by atoms with Gasteiger partial charge >= 0.3 is 12.1 Å². The third-order valence-electron chi connectivity index (χ3n) is 4.52. The fourth-order valence-electron chi connectivity index (χ4n) is 3.75. The molecule has 6 heteroatoms. The van der Waals surface area contributed by atoms with Gasteiger partial charge in [-0.2, -0.15) is 0 Å². The Kier molecular flexibility index (Phi) is 7.29. The highest BCUT2D eigenvalue weighted by Gasteiger charge is 2.48. The van der Waals surface area contributed by atoms with Crippen LogP contribution in [0.25, 0.3) is 0 Å². The van der Waals surface area contributed by atoms with Gasteiger partial charge in [0.2, 0.25) is 0 Å². The Balaban J connectivity index is 3.27. The van der Waals surface area contributed by atoms with E-state index in [9.17, 15) is 14.7 Å². The van der Waals surface area contributed by atoms with Gasteiger partial charge in [0.25, 0.3) is 0 Å². The van der Waals surface area contributed by atoms with Gasteiger partial charge in [-0.1, -0.05) is 27.7 Å². The summed E-state index contributed by atoms with van der Waals surface area (Å²) in [6.45, 7) is 13.7. The summed E-state index contributed by atoms with van der Waals surface area (Å²) in [5.74, 6) is -1.07. The minimum Gasteiger partial charge on any atom is -0.481 e. The van der Waals surface area contributed by atoms with Crippen LogP contribution in [0.5, 0.6) is 0 Å². The predicted octanol–water partition coefficient (Wildman–Crippen LogP) is 3.48. The van der Waals surface area contributed by atoms with Crippen LogP contribution in [0.2, 0.25) is 0 Å². The Hall–Kier alpha value is -1.30. The standard InChI is InChI=1S/C19H36N2O4/c1-11(2)8-13-10-14(20)16(17(22)23)15(9-12(3)4)21(13)18(24)25-19(5,6)7/h11-16H,8-10,20H2,1-7H3,(H,22,23)/t13-,14?,15+,16?/m1/s1. The minimum atomic E-state index is -0.935. The Morgan fingerprint density at radius 3 is 2.08 bits per heavy atom. The Labute approximate surface area is 152 Å². The number of carbonyl (C=O) groups excluding carboxylic acids is 1. The second kappa shape index (κ2) is 8.39. The second-order valence-corrected chi connectivity index (χ2v) is 9.13. The molecular weight excluding hydrogens is 320 g/mol. The van der Waals surface area contributed by atoms with E-state index in [2.05, 4.69) is 13.8 Å². The summed E-state index contributed by atoms with van der Waals surface area (Å²) in [7, 11) is 0. The van der Waals surface area contributed by atoms with Gasteiger partial charge in [0.15, 0.2) is 0 Å². The third-order valence-corrected chi connectivity index (χ3v) is 4.52. The summed E-state index contributed by atoms with van der Waals surface area (Å²) in [6, 6.07) is -0.993. The molecule has 2 unspecified atom stereocenters. The molecule has 0 aromatic carbocycles. The quantitative estimate of drug-likeness (QED) is 0.786. The lowest BCUT2D eigenvalue weighted by molar-refractivity contribution is -0.148. The van der Waals surface area contributed by atoms with Crippen molar-refractivity contribution in [3.63, 3.8) is 0 Å². The molecule has 4 atom stereocenters. The number of carbonyl (C=O) groups is 2. The van der Waals surface area contributed by atoms with Gasteiger partial charge in [0.1, 0.15) is 5.60 Å². The molecule has 0 aromatic rings. The van der Waals surface area contributed by atoms with Crippen molar-refractivity contribution in [1.29, 1.82) is 0 Å². The number of amides is 1. The van der Waals surface area contributed by atoms with E-state index in [1.54, 1.807) is 4.90 Å². The van der Waals surface area contributed by atoms with Crippen molar-refractivity contribution >= 4 is 12.1 Å². The van der Waals surface area contributed by atoms with Crippen LogP contribution in [-0.2, 0) is 9.53 Å². The van der Waals surface area contributed by atoms with Gasteiger partial charge in [-0.15, -0.1) is 0 Å². The van der Waals surface area contributed by atoms with Gasteiger partial charge in [0.05, 0.1) is 12.0 Å². The summed E-state index contributed by atoms with van der Waals surface area (Å²) < 4.78 is 5.62. The maximum Gasteiger partial charge on any atom is 0.410 e. The first kappa shape index (κ1) is 21.7. The number of carboxylic acids is 1. The highest BCUT2D eigenvalue weighted by Crippen LogP contribution is 2.35. The summed E-state index contributed by atoms with van der Waals surface area (Å²) in [5, 5.41) is 9.73. The number of nitrogens with two attached hydrogens (primary N) is 1. The average molecular weight is 357 g/mol. The molecule has 25 heavy (non-hydrogen) atoms. The molecule has 0 saturated carbocycles. The SMILES string of the molecule is CC(C)C[C@@H]1CC(N)C(C(=O)O)[C@H](CC(C)C)N1C(=O)OC(C)(C)C. The molecule has 1 aliphatic heterocycles. The van der Waals surface area contributed by atoms with Crippen molar-refractivity contribution in [2.75, 3.05) is 0 Å². The first-order valence-electron chi connectivity index (χ1n) is 9.33. The molecule has 1 rings (SSSR count). The number of rotatable bonds is 5. The monoisotopic (exact) mass is 356 g/mol. The fraction of sp³-hybridized carbons (Fsp3) is 0.895. The van der Waals surface area contributed by atoms with Gasteiger partial charge in [-0.3, -0.25) is 4.79 Å². The van der Waals surface area contributed by atoms with Crippen LogP contribution < -0.4 is 5.73 Å². The molecule has 1 saturated heterocycles. The molecule has 1 amide bonds. The Bertz CT molecular complexity index is 471. The first-order chi connectivity index (χ1) is 11.3. The van der Waals surface area contributed by atoms with Gasteiger partial charge < -0.3 is 20.5 Å². The van der Waals surface area contributed by atoms with Crippen molar-refractivity contribution in [3.05, 3.63) is 0 Å². The molecule has 3 N–H and O–H groups in total. The van der Waals surface area contributed by atoms with E-state index in [1.807, 2.05) is 34.6 Å². The highest BCUT2D eigenvalue weighted by molar-refractivity contribution is 5.75. The zero-order valence-electron chi connectivity index (χ0n) is 16.8. The van der Waals surface area contributed by atoms with E-state index >= 15 is 0 Å². The molecule has 1 heterocycles. The van der Waals surface area contributed by atoms with E-state index in [1.165, 1.54) is 0 Å². The van der Waals surface area contributed by atoms with Crippen molar-refractivity contribution in [2.45, 2.75) is 91.5 Å². The number of hydrogen-bond donors (Lipinski definition) is 2. The number of nitrogens with zero attached hydrogens (tertiary/aromatic N) is 1. The number of hydrogen-bond acceptors (Lipinski definition) is 4. The van der Waals surface area contributed by atoms with Crippen LogP contribution >= 0.6 is 0 Å². The largest absolute Gasteiger partial charge is 0.481 e. The molecule has 0 spiro atoms. The van der Waals surface area contributed by atoms with Crippen molar-refractivity contribution < 1.29 is 19.4 Å². The Morgan fingerprint density at radius 2 is 1.68 bits per heavy atom. The maximum atomic E-state index is 12.9. The second-order valence-electron chi connectivity index (χ2n) is 9.13. The van der Waals surface area contributed by atoms with Crippen molar-refractivity contribution in [1.82, 2.24) is 4.90 Å². The molecule has 146 valence electrons. The molecule has 6 nitrogen and oxygen atoms in total. The van der Waals surface area contributed by atoms with E-state index in [4.69, 9.17) is 10.5 Å². The van der Waals surface area contributed by atoms with Crippen LogP contribution in [0, 0.1) is 17.8 Å². The predicted molar refractivity (Wildman–Crippen MR) is 98.3 cm³/mol. The molecule has 1 fully saturated rings. The molecule has 1 aliphatic rings. The van der Waals surface area contributed by atoms with Crippen LogP contribution in [0.3, 0.4) is 0 Å². The maximum absolute atomic E-state index is 12.9. The molecule has 0 bridgehead atoms. The minimum absolute atomic E-state index is 0.0933. The zero-order valence-corrected chi connectivity index (χ0v) is 16.8. The van der Waals surface area contributed by atoms with Crippen molar-refractivity contribution in [3.8, 4) is 0 Å². The summed E-state index contributed by atoms with van der Waals surface area (Å²) in [4.78, 5) is 26.5. The number of piperidine rings is 1. The number of carboxylic acid groups (broad SMARTS) is 1. The molecule has 0 radical (unpaired) electrons. The van der Waals surface area contributed by atoms with Gasteiger partial charge in [0, 0.05) is 12.1 Å². The summed E-state index contributed by atoms with van der Waals surface area (Å²) in [6.07, 6.45) is 1.44. The van der Waals surface area contributed by atoms with Crippen LogP contribution in [-0.4, -0.2) is 45.8 Å². The van der Waals surface area contributed by atoms with Crippen molar-refractivity contribution in [2.24, 2.45) is 23.5 Å². The zero-order chi connectivity index (χ0) is 19.5. The summed E-state index contributed by atoms with van der Waals surface area (Å²) in [5.41, 5.74) is 5.62. The number of aliphatic carboxylic acids is 1. The number of ether oxygens (including phenoxy) is 1. The first-order valence-corrected chi connectivity index (χ1v) is 9.33. The van der Waals surface area contributed by atoms with Gasteiger partial charge in [-0.05, 0) is 51.9 Å². The van der Waals surface area contributed by atoms with Crippen LogP contribution in [0.1, 0.15) is 67.7 Å². The Morgan fingerprint density at radius 1 is 1.16 bits per heavy atom. The topological polar surface area (TPSA) is 92.9 Å². The molecule has 0 aromatic heterocycles. The van der Waals surface area contributed by atoms with Crippen LogP contribution in [0.4, 0.5) is 4.79 Å². The van der Waals surface area contributed by atoms with E-state index in [-0.39, 0.29) is 12.0 Å².